The first-order chi connectivity index (χ1) is 14.7. The SMILES string of the molecule is O=C1c2ccc(O[C@@H]3O[C@H](CO)[C@@H](O)[C@H](O)[C@H]3O)c(O)c2C(=O)c2c(O)ccc(O)c21. The molecule has 0 aromatic heterocycles. The maximum absolute atomic E-state index is 12.9. The fourth-order valence-electron chi connectivity index (χ4n) is 3.68. The van der Waals surface area contributed by atoms with E-state index in [2.05, 4.69) is 0 Å². The molecule has 4 rings (SSSR count). The maximum atomic E-state index is 12.9. The van der Waals surface area contributed by atoms with Gasteiger partial charge in [0, 0.05) is 5.56 Å². The fourth-order valence-corrected chi connectivity index (χ4v) is 3.68. The molecule has 0 bridgehead atoms. The third kappa shape index (κ3) is 3.10. The van der Waals surface area contributed by atoms with Crippen molar-refractivity contribution in [1.29, 1.82) is 0 Å². The largest absolute Gasteiger partial charge is 0.507 e. The minimum Gasteiger partial charge on any atom is -0.507 e. The Morgan fingerprint density at radius 1 is 0.806 bits per heavy atom. The average Bonchev–Trinajstić information content (AvgIpc) is 2.75. The van der Waals surface area contributed by atoms with Crippen LogP contribution in [0.5, 0.6) is 23.0 Å². The molecule has 1 aliphatic heterocycles. The lowest BCUT2D eigenvalue weighted by molar-refractivity contribution is -0.277. The molecule has 0 amide bonds. The Hall–Kier alpha value is -3.22. The monoisotopic (exact) mass is 434 g/mol. The first-order valence-electron chi connectivity index (χ1n) is 9.14. The van der Waals surface area contributed by atoms with Crippen LogP contribution in [-0.4, -0.2) is 84.6 Å². The molecule has 2 aliphatic rings. The van der Waals surface area contributed by atoms with Gasteiger partial charge in [0.15, 0.2) is 17.3 Å². The zero-order valence-corrected chi connectivity index (χ0v) is 15.7. The molecule has 2 aromatic rings. The van der Waals surface area contributed by atoms with Gasteiger partial charge in [-0.2, -0.15) is 0 Å². The molecule has 0 saturated carbocycles. The minimum atomic E-state index is -1.77. The van der Waals surface area contributed by atoms with Crippen LogP contribution in [-0.2, 0) is 4.74 Å². The van der Waals surface area contributed by atoms with Crippen molar-refractivity contribution in [1.82, 2.24) is 0 Å². The maximum Gasteiger partial charge on any atom is 0.229 e. The van der Waals surface area contributed by atoms with Crippen LogP contribution in [0.25, 0.3) is 0 Å². The normalized spacial score (nSPS) is 27.5. The summed E-state index contributed by atoms with van der Waals surface area (Å²) in [5.41, 5.74) is -1.64. The molecular weight excluding hydrogens is 416 g/mol. The van der Waals surface area contributed by atoms with Crippen LogP contribution < -0.4 is 4.74 Å². The average molecular weight is 434 g/mol. The minimum absolute atomic E-state index is 0.253. The molecule has 5 atom stereocenters. The molecule has 164 valence electrons. The second kappa shape index (κ2) is 7.48. The molecule has 31 heavy (non-hydrogen) atoms. The second-order valence-electron chi connectivity index (χ2n) is 7.16. The third-order valence-electron chi connectivity index (χ3n) is 5.32. The Morgan fingerprint density at radius 2 is 1.42 bits per heavy atom. The quantitative estimate of drug-likeness (QED) is 0.244. The van der Waals surface area contributed by atoms with Crippen LogP contribution in [0.3, 0.4) is 0 Å². The van der Waals surface area contributed by atoms with Crippen molar-refractivity contribution in [2.75, 3.05) is 6.61 Å². The summed E-state index contributed by atoms with van der Waals surface area (Å²) in [5.74, 6) is -4.06. The number of ketones is 2. The number of benzene rings is 2. The summed E-state index contributed by atoms with van der Waals surface area (Å²) in [4.78, 5) is 25.7. The number of carbonyl (C=O) groups is 2. The van der Waals surface area contributed by atoms with Gasteiger partial charge in [-0.25, -0.2) is 0 Å². The summed E-state index contributed by atoms with van der Waals surface area (Å²) in [6.45, 7) is -0.701. The van der Waals surface area contributed by atoms with E-state index in [4.69, 9.17) is 9.47 Å². The van der Waals surface area contributed by atoms with E-state index in [0.717, 1.165) is 24.3 Å². The summed E-state index contributed by atoms with van der Waals surface area (Å²) < 4.78 is 10.6. The van der Waals surface area contributed by atoms with Crippen molar-refractivity contribution in [3.63, 3.8) is 0 Å². The van der Waals surface area contributed by atoms with E-state index in [1.807, 2.05) is 0 Å². The smallest absolute Gasteiger partial charge is 0.229 e. The Bertz CT molecular complexity index is 1080. The van der Waals surface area contributed by atoms with E-state index in [0.29, 0.717) is 0 Å². The van der Waals surface area contributed by atoms with Gasteiger partial charge in [-0.15, -0.1) is 0 Å². The predicted molar refractivity (Wildman–Crippen MR) is 99.1 cm³/mol. The first kappa shape index (κ1) is 21.0. The van der Waals surface area contributed by atoms with Gasteiger partial charge >= 0.3 is 0 Å². The van der Waals surface area contributed by atoms with Gasteiger partial charge in [0.25, 0.3) is 0 Å². The van der Waals surface area contributed by atoms with Gasteiger partial charge in [-0.3, -0.25) is 9.59 Å². The number of aromatic hydroxyl groups is 3. The number of aliphatic hydroxyl groups excluding tert-OH is 4. The summed E-state index contributed by atoms with van der Waals surface area (Å²) in [6, 6.07) is 4.32. The van der Waals surface area contributed by atoms with Gasteiger partial charge in [0.2, 0.25) is 12.1 Å². The lowest BCUT2D eigenvalue weighted by Gasteiger charge is -2.39. The van der Waals surface area contributed by atoms with Crippen molar-refractivity contribution in [2.24, 2.45) is 0 Å². The number of phenolic OH excluding ortho intramolecular Hbond substituents is 3. The highest BCUT2D eigenvalue weighted by atomic mass is 16.7. The van der Waals surface area contributed by atoms with E-state index < -0.39 is 88.6 Å². The molecule has 0 radical (unpaired) electrons. The standard InChI is InChI=1S/C20H18O11/c21-5-10-16(26)18(28)19(29)20(31-10)30-9-4-1-6-11(15(9)25)17(27)13-8(23)3-2-7(22)12(13)14(6)24/h1-4,10,16,18-23,25-26,28-29H,5H2/t10-,16-,18+,19-,20-/m1/s1. The number of ether oxygens (including phenoxy) is 2. The molecule has 1 fully saturated rings. The molecule has 1 aliphatic carbocycles. The topological polar surface area (TPSA) is 194 Å². The Kier molecular flexibility index (Phi) is 5.07. The van der Waals surface area contributed by atoms with Crippen LogP contribution in [0.2, 0.25) is 0 Å². The molecular formula is C20H18O11. The number of rotatable bonds is 3. The molecule has 1 saturated heterocycles. The summed E-state index contributed by atoms with van der Waals surface area (Å²) >= 11 is 0. The number of hydrogen-bond donors (Lipinski definition) is 7. The lowest BCUT2D eigenvalue weighted by atomic mass is 9.82. The van der Waals surface area contributed by atoms with Gasteiger partial charge < -0.3 is 45.2 Å². The van der Waals surface area contributed by atoms with E-state index in [9.17, 15) is 45.3 Å². The summed E-state index contributed by atoms with van der Waals surface area (Å²) in [6.07, 6.45) is -8.03. The lowest BCUT2D eigenvalue weighted by Crippen LogP contribution is -2.60. The van der Waals surface area contributed by atoms with Gasteiger partial charge in [0.05, 0.1) is 23.3 Å². The van der Waals surface area contributed by atoms with E-state index >= 15 is 0 Å². The highest BCUT2D eigenvalue weighted by molar-refractivity contribution is 6.31. The van der Waals surface area contributed by atoms with Crippen LogP contribution >= 0.6 is 0 Å². The highest BCUT2D eigenvalue weighted by Gasteiger charge is 2.45. The molecule has 2 aromatic carbocycles. The van der Waals surface area contributed by atoms with Crippen LogP contribution in [0.15, 0.2) is 24.3 Å². The van der Waals surface area contributed by atoms with Crippen LogP contribution in [0, 0.1) is 0 Å². The van der Waals surface area contributed by atoms with Gasteiger partial charge in [-0.05, 0) is 24.3 Å². The predicted octanol–water partition coefficient (Wildman–Crippen LogP) is -1.24. The molecule has 0 unspecified atom stereocenters. The Labute approximate surface area is 174 Å². The number of hydrogen-bond acceptors (Lipinski definition) is 11. The Balaban J connectivity index is 1.74. The third-order valence-corrected chi connectivity index (χ3v) is 5.32. The van der Waals surface area contributed by atoms with Gasteiger partial charge in [0.1, 0.15) is 35.9 Å². The van der Waals surface area contributed by atoms with Crippen molar-refractivity contribution in [3.8, 4) is 23.0 Å². The number of phenols is 3. The second-order valence-corrected chi connectivity index (χ2v) is 7.16. The molecule has 11 nitrogen and oxygen atoms in total. The van der Waals surface area contributed by atoms with E-state index in [1.165, 1.54) is 0 Å². The summed E-state index contributed by atoms with van der Waals surface area (Å²) in [7, 11) is 0. The first-order valence-corrected chi connectivity index (χ1v) is 9.14. The Morgan fingerprint density at radius 3 is 2.03 bits per heavy atom. The van der Waals surface area contributed by atoms with Crippen molar-refractivity contribution < 1.29 is 54.8 Å². The van der Waals surface area contributed by atoms with Gasteiger partial charge in [-0.1, -0.05) is 0 Å². The molecule has 1 heterocycles. The van der Waals surface area contributed by atoms with E-state index in [1.54, 1.807) is 0 Å². The zero-order valence-electron chi connectivity index (χ0n) is 15.7. The number of fused-ring (bicyclic) bond motifs is 2. The fraction of sp³-hybridized carbons (Fsp3) is 0.300. The van der Waals surface area contributed by atoms with Crippen LogP contribution in [0.1, 0.15) is 31.8 Å². The number of aliphatic hydroxyl groups is 4. The van der Waals surface area contributed by atoms with Crippen molar-refractivity contribution in [2.45, 2.75) is 30.7 Å². The van der Waals surface area contributed by atoms with Crippen LogP contribution in [0.4, 0.5) is 0 Å². The molecule has 11 heteroatoms. The zero-order chi connectivity index (χ0) is 22.6. The highest BCUT2D eigenvalue weighted by Crippen LogP contribution is 2.43. The number of carbonyl (C=O) groups excluding carboxylic acids is 2. The molecule has 7 N–H and O–H groups in total. The summed E-state index contributed by atoms with van der Waals surface area (Å²) in [5, 5.41) is 69.7. The van der Waals surface area contributed by atoms with Crippen molar-refractivity contribution in [3.05, 3.63) is 46.5 Å². The molecule has 0 spiro atoms. The van der Waals surface area contributed by atoms with Crippen molar-refractivity contribution >= 4 is 11.6 Å². The van der Waals surface area contributed by atoms with E-state index in [-0.39, 0.29) is 5.56 Å².